The van der Waals surface area contributed by atoms with Crippen LogP contribution in [-0.4, -0.2) is 71.3 Å². The molecule has 3 aromatic carbocycles. The maximum atomic E-state index is 13.8. The van der Waals surface area contributed by atoms with Gasteiger partial charge in [0.2, 0.25) is 17.7 Å². The van der Waals surface area contributed by atoms with E-state index in [1.807, 2.05) is 38.1 Å². The number of likely N-dealkylation sites (tertiary alicyclic amines) is 1. The van der Waals surface area contributed by atoms with Gasteiger partial charge in [-0.2, -0.15) is 18.4 Å². The number of nitrogens with zero attached hydrogens (tertiary/aromatic N) is 4. The average Bonchev–Trinajstić information content (AvgIpc) is 3.37. The Morgan fingerprint density at radius 1 is 1.03 bits per heavy atom. The molecule has 6 rings (SSSR count). The monoisotopic (exact) mass is 819 g/mol. The fourth-order valence-electron chi connectivity index (χ4n) is 7.86. The number of carbonyl (C=O) groups is 4. The maximum Gasteiger partial charge on any atom is 0.417 e. The first-order valence-electron chi connectivity index (χ1n) is 19.4. The van der Waals surface area contributed by atoms with E-state index in [0.29, 0.717) is 48.2 Å². The number of hydrogen-bond donors (Lipinski definition) is 4. The van der Waals surface area contributed by atoms with Gasteiger partial charge in [-0.25, -0.2) is 0 Å². The van der Waals surface area contributed by atoms with E-state index >= 15 is 0 Å². The predicted molar refractivity (Wildman–Crippen MR) is 218 cm³/mol. The highest BCUT2D eigenvalue weighted by molar-refractivity contribution is 7.81. The number of imide groups is 1. The van der Waals surface area contributed by atoms with Gasteiger partial charge in [-0.15, -0.1) is 12.6 Å². The number of hydrogen-bond acceptors (Lipinski definition) is 10. The van der Waals surface area contributed by atoms with Crippen LogP contribution in [-0.2, 0) is 31.8 Å². The molecular formula is C42H48F3N7O5S. The molecular weight excluding hydrogens is 772 g/mol. The Bertz CT molecular complexity index is 2100. The van der Waals surface area contributed by atoms with Gasteiger partial charge < -0.3 is 20.3 Å². The van der Waals surface area contributed by atoms with Crippen molar-refractivity contribution in [3.05, 3.63) is 77.4 Å². The number of nitriles is 1. The smallest absolute Gasteiger partial charge is 0.417 e. The summed E-state index contributed by atoms with van der Waals surface area (Å²) in [6.45, 7) is 9.30. The first-order chi connectivity index (χ1) is 27.5. The molecule has 0 aromatic heterocycles. The van der Waals surface area contributed by atoms with Crippen LogP contribution in [0.3, 0.4) is 0 Å². The molecule has 3 aliphatic rings. The SMILES string of the molecule is CCc1cc(N2[C@@H](S)N(c3ccc(C#N)c(C(F)(F)F)c3)C(=O)C2(C)C)ccc1OCCC1CCN([C@H](C)C(=O)Nc2cccc(N[C@@H]3CCC(=O)NC3=O)c2)CC1. The van der Waals surface area contributed by atoms with E-state index in [1.54, 1.807) is 43.0 Å². The van der Waals surface area contributed by atoms with Gasteiger partial charge in [-0.1, -0.05) is 13.0 Å². The van der Waals surface area contributed by atoms with Gasteiger partial charge in [-0.3, -0.25) is 34.3 Å². The first-order valence-corrected chi connectivity index (χ1v) is 20.0. The van der Waals surface area contributed by atoms with Crippen LogP contribution in [0.2, 0.25) is 0 Å². The molecule has 0 bridgehead atoms. The number of benzene rings is 3. The van der Waals surface area contributed by atoms with Gasteiger partial charge in [0.05, 0.1) is 29.8 Å². The quantitative estimate of drug-likeness (QED) is 0.116. The molecule has 3 aromatic rings. The Hall–Kier alpha value is -5.27. The van der Waals surface area contributed by atoms with Crippen LogP contribution < -0.4 is 30.5 Å². The second-order valence-corrected chi connectivity index (χ2v) is 15.9. The lowest BCUT2D eigenvalue weighted by atomic mass is 9.93. The van der Waals surface area contributed by atoms with Crippen LogP contribution in [0.1, 0.15) is 76.5 Å². The van der Waals surface area contributed by atoms with Crippen molar-refractivity contribution in [2.75, 3.05) is 40.1 Å². The molecule has 3 saturated heterocycles. The van der Waals surface area contributed by atoms with Gasteiger partial charge in [0.1, 0.15) is 17.3 Å². The molecule has 3 aliphatic heterocycles. The Balaban J connectivity index is 1.01. The second kappa shape index (κ2) is 17.3. The Morgan fingerprint density at radius 3 is 2.41 bits per heavy atom. The molecule has 4 amide bonds. The Labute approximate surface area is 341 Å². The number of halogens is 3. The molecule has 12 nitrogen and oxygen atoms in total. The highest BCUT2D eigenvalue weighted by atomic mass is 32.1. The number of rotatable bonds is 12. The van der Waals surface area contributed by atoms with Crippen LogP contribution in [0.15, 0.2) is 60.7 Å². The van der Waals surface area contributed by atoms with Gasteiger partial charge >= 0.3 is 6.18 Å². The lowest BCUT2D eigenvalue weighted by Crippen LogP contribution is -2.47. The van der Waals surface area contributed by atoms with Gasteiger partial charge in [-0.05, 0) is 132 Å². The normalized spacial score (nSPS) is 20.7. The van der Waals surface area contributed by atoms with E-state index in [1.165, 1.54) is 11.0 Å². The third-order valence-electron chi connectivity index (χ3n) is 11.3. The summed E-state index contributed by atoms with van der Waals surface area (Å²) in [5.74, 6) is -0.0775. The van der Waals surface area contributed by atoms with Crippen molar-refractivity contribution in [1.29, 1.82) is 5.26 Å². The lowest BCUT2D eigenvalue weighted by Gasteiger charge is -2.35. The number of nitrogens with one attached hydrogen (secondary N) is 3. The minimum Gasteiger partial charge on any atom is -0.493 e. The Morgan fingerprint density at radius 2 is 1.74 bits per heavy atom. The fourth-order valence-corrected chi connectivity index (χ4v) is 8.52. The van der Waals surface area contributed by atoms with Crippen molar-refractivity contribution in [2.24, 2.45) is 5.92 Å². The Kier molecular flexibility index (Phi) is 12.6. The summed E-state index contributed by atoms with van der Waals surface area (Å²) in [4.78, 5) is 55.7. The van der Waals surface area contributed by atoms with Crippen molar-refractivity contribution in [1.82, 2.24) is 10.2 Å². The number of anilines is 4. The highest BCUT2D eigenvalue weighted by Gasteiger charge is 2.52. The highest BCUT2D eigenvalue weighted by Crippen LogP contribution is 2.43. The number of amides is 4. The number of thiol groups is 1. The van der Waals surface area contributed by atoms with Crippen molar-refractivity contribution >= 4 is 59.0 Å². The summed E-state index contributed by atoms with van der Waals surface area (Å²) >= 11 is 4.73. The van der Waals surface area contributed by atoms with Crippen LogP contribution >= 0.6 is 12.6 Å². The number of piperidine rings is 2. The van der Waals surface area contributed by atoms with Crippen molar-refractivity contribution in [2.45, 2.75) is 95.5 Å². The summed E-state index contributed by atoms with van der Waals surface area (Å²) in [6, 6.07) is 16.7. The predicted octanol–water partition coefficient (Wildman–Crippen LogP) is 6.71. The molecule has 58 heavy (non-hydrogen) atoms. The molecule has 308 valence electrons. The van der Waals surface area contributed by atoms with Gasteiger partial charge in [0.25, 0.3) is 5.91 Å². The largest absolute Gasteiger partial charge is 0.493 e. The summed E-state index contributed by atoms with van der Waals surface area (Å²) in [5, 5.41) is 17.7. The van der Waals surface area contributed by atoms with E-state index in [9.17, 15) is 37.6 Å². The summed E-state index contributed by atoms with van der Waals surface area (Å²) in [5.41, 5.74) is -0.870. The van der Waals surface area contributed by atoms with Crippen LogP contribution in [0, 0.1) is 17.2 Å². The van der Waals surface area contributed by atoms with Gasteiger partial charge in [0, 0.05) is 29.2 Å². The summed E-state index contributed by atoms with van der Waals surface area (Å²) < 4.78 is 47.6. The van der Waals surface area contributed by atoms with Crippen LogP contribution in [0.4, 0.5) is 35.9 Å². The molecule has 0 radical (unpaired) electrons. The number of aryl methyl sites for hydroxylation is 1. The first kappa shape index (κ1) is 42.3. The molecule has 0 spiro atoms. The topological polar surface area (TPSA) is 147 Å². The van der Waals surface area contributed by atoms with E-state index in [-0.39, 0.29) is 35.9 Å². The third kappa shape index (κ3) is 9.05. The summed E-state index contributed by atoms with van der Waals surface area (Å²) in [6.07, 6.45) is -0.820. The lowest BCUT2D eigenvalue weighted by molar-refractivity contribution is -0.138. The average molecular weight is 820 g/mol. The fraction of sp³-hybridized carbons (Fsp3) is 0.452. The van der Waals surface area contributed by atoms with Crippen LogP contribution in [0.25, 0.3) is 0 Å². The molecule has 3 fully saturated rings. The molecule has 16 heteroatoms. The van der Waals surface area contributed by atoms with Crippen molar-refractivity contribution < 1.29 is 37.1 Å². The molecule has 3 atom stereocenters. The third-order valence-corrected chi connectivity index (χ3v) is 11.7. The van der Waals surface area contributed by atoms with Crippen LogP contribution in [0.5, 0.6) is 5.75 Å². The minimum absolute atomic E-state index is 0.00464. The zero-order valence-electron chi connectivity index (χ0n) is 32.9. The van der Waals surface area contributed by atoms with E-state index < -0.39 is 40.3 Å². The van der Waals surface area contributed by atoms with Crippen molar-refractivity contribution in [3.8, 4) is 11.8 Å². The summed E-state index contributed by atoms with van der Waals surface area (Å²) in [7, 11) is 0. The number of carbonyl (C=O) groups excluding carboxylic acids is 4. The molecule has 0 saturated carbocycles. The molecule has 0 unspecified atom stereocenters. The van der Waals surface area contributed by atoms with Crippen molar-refractivity contribution in [3.63, 3.8) is 0 Å². The second-order valence-electron chi connectivity index (χ2n) is 15.4. The van der Waals surface area contributed by atoms with Gasteiger partial charge in [0.15, 0.2) is 5.50 Å². The van der Waals surface area contributed by atoms with E-state index in [2.05, 4.69) is 20.9 Å². The maximum absolute atomic E-state index is 13.8. The van der Waals surface area contributed by atoms with E-state index in [4.69, 9.17) is 17.4 Å². The zero-order valence-corrected chi connectivity index (χ0v) is 33.8. The van der Waals surface area contributed by atoms with E-state index in [0.717, 1.165) is 50.0 Å². The molecule has 0 aliphatic carbocycles. The molecule has 3 heterocycles. The standard InChI is InChI=1S/C42H48F3N7O5S/c1-5-27-21-32(52-40(58)51(39(56)41(52,3)4)31-10-9-28(24-46)33(23-31)42(43,44)45)11-13-35(27)57-20-17-26-15-18-50(19-16-26)25(2)37(54)48-30-8-6-7-29(22-30)47-34-12-14-36(53)49-38(34)55/h6-11,13,21-23,25-26,34,40,47,58H,5,12,14-20H2,1-4H3,(H,48,54)(H,49,53,55)/t25-,34-,40+/m1/s1. The zero-order chi connectivity index (χ0) is 41.9. The number of alkyl halides is 3. The molecule has 3 N–H and O–H groups in total. The minimum atomic E-state index is -4.77. The number of ether oxygens (including phenoxy) is 1.